The first kappa shape index (κ1) is 13.0. The molecule has 2 N–H and O–H groups in total. The van der Waals surface area contributed by atoms with E-state index in [-0.39, 0.29) is 11.3 Å². The minimum absolute atomic E-state index is 0.0117. The van der Waals surface area contributed by atoms with Gasteiger partial charge < -0.3 is 15.4 Å². The van der Waals surface area contributed by atoms with Gasteiger partial charge in [-0.15, -0.1) is 0 Å². The van der Waals surface area contributed by atoms with E-state index in [1.165, 1.54) is 7.11 Å². The van der Waals surface area contributed by atoms with Gasteiger partial charge in [0.15, 0.2) is 0 Å². The topological polar surface area (TPSA) is 67.4 Å². The van der Waals surface area contributed by atoms with Gasteiger partial charge in [-0.3, -0.25) is 4.79 Å². The number of amides is 1. The number of carbonyl (C=O) groups excluding carboxylic acids is 2. The van der Waals surface area contributed by atoms with Gasteiger partial charge in [-0.1, -0.05) is 18.9 Å². The number of hydrogen-bond donors (Lipinski definition) is 2. The minimum atomic E-state index is -0.439. The Labute approximate surface area is 117 Å². The first-order valence-electron chi connectivity index (χ1n) is 6.93. The Morgan fingerprint density at radius 1 is 1.30 bits per heavy atom. The van der Waals surface area contributed by atoms with E-state index in [0.29, 0.717) is 17.8 Å². The largest absolute Gasteiger partial charge is 0.465 e. The Hall–Kier alpha value is -2.04. The number of nitrogens with one attached hydrogen (secondary N) is 2. The van der Waals surface area contributed by atoms with E-state index in [1.54, 1.807) is 12.1 Å². The van der Waals surface area contributed by atoms with Crippen LogP contribution in [0, 0.1) is 5.41 Å². The number of benzene rings is 1. The van der Waals surface area contributed by atoms with E-state index in [9.17, 15) is 9.59 Å². The molecule has 1 aliphatic carbocycles. The van der Waals surface area contributed by atoms with Crippen molar-refractivity contribution in [2.45, 2.75) is 25.7 Å². The summed E-state index contributed by atoms with van der Waals surface area (Å²) in [4.78, 5) is 24.4. The molecule has 20 heavy (non-hydrogen) atoms. The normalized spacial score (nSPS) is 19.8. The molecule has 1 aromatic carbocycles. The molecule has 1 heterocycles. The zero-order chi connectivity index (χ0) is 14.2. The van der Waals surface area contributed by atoms with Crippen LogP contribution in [-0.4, -0.2) is 25.5 Å². The molecular formula is C15H18N2O3. The molecule has 1 aromatic rings. The number of ether oxygens (including phenoxy) is 1. The van der Waals surface area contributed by atoms with Crippen molar-refractivity contribution in [3.63, 3.8) is 0 Å². The Bertz CT molecular complexity index is 562. The van der Waals surface area contributed by atoms with Crippen molar-refractivity contribution in [1.29, 1.82) is 0 Å². The van der Waals surface area contributed by atoms with E-state index >= 15 is 0 Å². The van der Waals surface area contributed by atoms with E-state index in [4.69, 9.17) is 4.74 Å². The molecular weight excluding hydrogens is 256 g/mol. The maximum atomic E-state index is 12.6. The first-order chi connectivity index (χ1) is 9.66. The van der Waals surface area contributed by atoms with Crippen molar-refractivity contribution in [3.05, 3.63) is 23.8 Å². The number of methoxy groups -OCH3 is 1. The monoisotopic (exact) mass is 274 g/mol. The number of anilines is 2. The van der Waals surface area contributed by atoms with E-state index in [1.807, 2.05) is 6.07 Å². The van der Waals surface area contributed by atoms with Crippen LogP contribution in [-0.2, 0) is 9.53 Å². The average Bonchev–Trinajstić information content (AvgIpc) is 2.89. The molecule has 5 heteroatoms. The summed E-state index contributed by atoms with van der Waals surface area (Å²) in [6, 6.07) is 5.33. The zero-order valence-electron chi connectivity index (χ0n) is 11.5. The number of rotatable bonds is 1. The van der Waals surface area contributed by atoms with Gasteiger partial charge in [0, 0.05) is 6.54 Å². The van der Waals surface area contributed by atoms with Crippen molar-refractivity contribution in [2.75, 3.05) is 24.3 Å². The van der Waals surface area contributed by atoms with Gasteiger partial charge in [0.25, 0.3) is 0 Å². The molecule has 0 aromatic heterocycles. The van der Waals surface area contributed by atoms with Crippen molar-refractivity contribution in [1.82, 2.24) is 0 Å². The highest BCUT2D eigenvalue weighted by molar-refractivity contribution is 6.07. The SMILES string of the molecule is COC(=O)c1cccc2c1NC(=O)C1(CCCC1)CN2. The van der Waals surface area contributed by atoms with Crippen LogP contribution in [0.15, 0.2) is 18.2 Å². The second-order valence-corrected chi connectivity index (χ2v) is 5.51. The van der Waals surface area contributed by atoms with Gasteiger partial charge >= 0.3 is 5.97 Å². The van der Waals surface area contributed by atoms with Crippen LogP contribution in [0.25, 0.3) is 0 Å². The molecule has 1 amide bonds. The zero-order valence-corrected chi connectivity index (χ0v) is 11.5. The quantitative estimate of drug-likeness (QED) is 0.772. The number of carbonyl (C=O) groups is 2. The lowest BCUT2D eigenvalue weighted by atomic mass is 9.85. The van der Waals surface area contributed by atoms with Gasteiger partial charge in [-0.05, 0) is 25.0 Å². The average molecular weight is 274 g/mol. The number of para-hydroxylation sites is 1. The van der Waals surface area contributed by atoms with Crippen LogP contribution in [0.5, 0.6) is 0 Å². The summed E-state index contributed by atoms with van der Waals surface area (Å²) in [5.41, 5.74) is 1.37. The van der Waals surface area contributed by atoms with Gasteiger partial charge in [0.2, 0.25) is 5.91 Å². The van der Waals surface area contributed by atoms with E-state index in [0.717, 1.165) is 31.4 Å². The lowest BCUT2D eigenvalue weighted by Crippen LogP contribution is -2.37. The van der Waals surface area contributed by atoms with Crippen molar-refractivity contribution < 1.29 is 14.3 Å². The molecule has 0 saturated heterocycles. The number of hydrogen-bond acceptors (Lipinski definition) is 4. The predicted octanol–water partition coefficient (Wildman–Crippen LogP) is 2.40. The Kier molecular flexibility index (Phi) is 3.12. The summed E-state index contributed by atoms with van der Waals surface area (Å²) in [6.07, 6.45) is 3.95. The lowest BCUT2D eigenvalue weighted by Gasteiger charge is -2.24. The standard InChI is InChI=1S/C15H18N2O3/c1-20-13(18)10-5-4-6-11-12(10)17-14(19)15(9-16-11)7-2-3-8-15/h4-6,16H,2-3,7-9H2,1H3,(H,17,19). The highest BCUT2D eigenvalue weighted by Gasteiger charge is 2.43. The molecule has 1 spiro atoms. The van der Waals surface area contributed by atoms with Crippen LogP contribution in [0.4, 0.5) is 11.4 Å². The predicted molar refractivity (Wildman–Crippen MR) is 75.8 cm³/mol. The van der Waals surface area contributed by atoms with Gasteiger partial charge in [0.05, 0.1) is 29.5 Å². The van der Waals surface area contributed by atoms with Crippen LogP contribution >= 0.6 is 0 Å². The fraction of sp³-hybridized carbons (Fsp3) is 0.467. The fourth-order valence-corrected chi connectivity index (χ4v) is 3.16. The molecule has 1 aliphatic heterocycles. The van der Waals surface area contributed by atoms with Crippen LogP contribution in [0.1, 0.15) is 36.0 Å². The molecule has 106 valence electrons. The Balaban J connectivity index is 2.00. The second-order valence-electron chi connectivity index (χ2n) is 5.51. The molecule has 0 bridgehead atoms. The second kappa shape index (κ2) is 4.81. The molecule has 0 unspecified atom stereocenters. The summed E-state index contributed by atoms with van der Waals surface area (Å²) in [6.45, 7) is 0.621. The summed E-state index contributed by atoms with van der Waals surface area (Å²) < 4.78 is 4.78. The van der Waals surface area contributed by atoms with Crippen molar-refractivity contribution in [2.24, 2.45) is 5.41 Å². The maximum Gasteiger partial charge on any atom is 0.340 e. The number of esters is 1. The molecule has 5 nitrogen and oxygen atoms in total. The molecule has 0 radical (unpaired) electrons. The highest BCUT2D eigenvalue weighted by atomic mass is 16.5. The minimum Gasteiger partial charge on any atom is -0.465 e. The summed E-state index contributed by atoms with van der Waals surface area (Å²) in [5.74, 6) is -0.427. The van der Waals surface area contributed by atoms with E-state index < -0.39 is 5.97 Å². The number of fused-ring (bicyclic) bond motifs is 1. The summed E-state index contributed by atoms with van der Waals surface area (Å²) >= 11 is 0. The van der Waals surface area contributed by atoms with Crippen molar-refractivity contribution >= 4 is 23.3 Å². The molecule has 2 aliphatic rings. The van der Waals surface area contributed by atoms with Crippen LogP contribution in [0.2, 0.25) is 0 Å². The maximum absolute atomic E-state index is 12.6. The lowest BCUT2D eigenvalue weighted by molar-refractivity contribution is -0.124. The van der Waals surface area contributed by atoms with Gasteiger partial charge in [0.1, 0.15) is 0 Å². The Morgan fingerprint density at radius 3 is 2.75 bits per heavy atom. The molecule has 1 fully saturated rings. The van der Waals surface area contributed by atoms with E-state index in [2.05, 4.69) is 10.6 Å². The highest BCUT2D eigenvalue weighted by Crippen LogP contribution is 2.42. The molecule has 1 saturated carbocycles. The van der Waals surface area contributed by atoms with Crippen LogP contribution < -0.4 is 10.6 Å². The van der Waals surface area contributed by atoms with Gasteiger partial charge in [-0.2, -0.15) is 0 Å². The fourth-order valence-electron chi connectivity index (χ4n) is 3.16. The summed E-state index contributed by atoms with van der Waals surface area (Å²) in [7, 11) is 1.34. The van der Waals surface area contributed by atoms with Crippen molar-refractivity contribution in [3.8, 4) is 0 Å². The third kappa shape index (κ3) is 1.94. The Morgan fingerprint density at radius 2 is 2.05 bits per heavy atom. The first-order valence-corrected chi connectivity index (χ1v) is 6.93. The van der Waals surface area contributed by atoms with Gasteiger partial charge in [-0.25, -0.2) is 4.79 Å². The molecule has 0 atom stereocenters. The third-order valence-electron chi connectivity index (χ3n) is 4.37. The molecule has 3 rings (SSSR count). The van der Waals surface area contributed by atoms with Crippen LogP contribution in [0.3, 0.4) is 0 Å². The smallest absolute Gasteiger partial charge is 0.340 e. The summed E-state index contributed by atoms with van der Waals surface area (Å²) in [5, 5.41) is 6.25. The third-order valence-corrected chi connectivity index (χ3v) is 4.37.